The van der Waals surface area contributed by atoms with E-state index in [1.54, 1.807) is 14.2 Å². The second kappa shape index (κ2) is 9.12. The van der Waals surface area contributed by atoms with E-state index in [-0.39, 0.29) is 17.4 Å². The molecule has 2 atom stereocenters. The van der Waals surface area contributed by atoms with Gasteiger partial charge in [0.05, 0.1) is 14.2 Å². The Kier molecular flexibility index (Phi) is 6.42. The first-order chi connectivity index (χ1) is 15.7. The molecule has 0 spiro atoms. The maximum atomic E-state index is 13.7. The number of rotatable bonds is 6. The summed E-state index contributed by atoms with van der Waals surface area (Å²) in [6.07, 6.45) is 2.38. The van der Waals surface area contributed by atoms with Crippen LogP contribution in [0.25, 0.3) is 10.9 Å². The molecule has 5 nitrogen and oxygen atoms in total. The predicted octanol–water partition coefficient (Wildman–Crippen LogP) is 6.12. The number of nitrogens with one attached hydrogen (secondary N) is 1. The Morgan fingerprint density at radius 2 is 1.91 bits per heavy atom. The molecular formula is C28H36N2O3. The van der Waals surface area contributed by atoms with Gasteiger partial charge in [-0.1, -0.05) is 45.9 Å². The van der Waals surface area contributed by atoms with Crippen molar-refractivity contribution in [3.63, 3.8) is 0 Å². The highest BCUT2D eigenvalue weighted by molar-refractivity contribution is 5.88. The number of hydrogen-bond donors (Lipinski definition) is 1. The number of aromatic amines is 1. The summed E-state index contributed by atoms with van der Waals surface area (Å²) in [5, 5.41) is 1.16. The van der Waals surface area contributed by atoms with Gasteiger partial charge in [0, 0.05) is 35.1 Å². The fraction of sp³-hybridized carbons (Fsp3) is 0.464. The van der Waals surface area contributed by atoms with Crippen molar-refractivity contribution in [1.29, 1.82) is 0 Å². The first-order valence-corrected chi connectivity index (χ1v) is 11.8. The van der Waals surface area contributed by atoms with Crippen LogP contribution in [0.2, 0.25) is 0 Å². The lowest BCUT2D eigenvalue weighted by molar-refractivity contribution is -0.134. The van der Waals surface area contributed by atoms with Gasteiger partial charge >= 0.3 is 0 Å². The highest BCUT2D eigenvalue weighted by Gasteiger charge is 2.36. The molecule has 0 saturated carbocycles. The van der Waals surface area contributed by atoms with Crippen LogP contribution in [0.15, 0.2) is 42.5 Å². The zero-order valence-corrected chi connectivity index (χ0v) is 20.7. The first kappa shape index (κ1) is 23.2. The number of carbonyl (C=O) groups is 1. The monoisotopic (exact) mass is 448 g/mol. The standard InChI is InChI=1S/C28H36N2O3/c1-18(17-28(2,3)4)15-25(31)30-14-13-20-22-16-19(32-5)11-12-23(22)29-26(20)27(30)21-9-7-8-10-24(21)33-6/h7-12,16,18,27,29H,13-15,17H2,1-6H3/t18-,27-/m1/s1. The van der Waals surface area contributed by atoms with E-state index in [1.807, 2.05) is 29.2 Å². The second-order valence-corrected chi connectivity index (χ2v) is 10.5. The SMILES string of the molecule is COc1ccc2[nH]c3c(c2c1)CCN(C(=O)C[C@@H](C)CC(C)(C)C)[C@@H]3c1ccccc1OC. The van der Waals surface area contributed by atoms with Gasteiger partial charge in [-0.2, -0.15) is 0 Å². The molecule has 1 aliphatic heterocycles. The number of methoxy groups -OCH3 is 2. The predicted molar refractivity (Wildman–Crippen MR) is 133 cm³/mol. The van der Waals surface area contributed by atoms with E-state index in [9.17, 15) is 4.79 Å². The number of H-pyrrole nitrogens is 1. The maximum absolute atomic E-state index is 13.7. The average Bonchev–Trinajstić information content (AvgIpc) is 3.14. The smallest absolute Gasteiger partial charge is 0.223 e. The van der Waals surface area contributed by atoms with Gasteiger partial charge in [0.25, 0.3) is 0 Å². The molecule has 1 N–H and O–H groups in total. The molecule has 0 bridgehead atoms. The van der Waals surface area contributed by atoms with E-state index in [0.717, 1.165) is 46.5 Å². The van der Waals surface area contributed by atoms with E-state index >= 15 is 0 Å². The molecule has 2 aromatic carbocycles. The van der Waals surface area contributed by atoms with E-state index in [2.05, 4.69) is 50.9 Å². The maximum Gasteiger partial charge on any atom is 0.223 e. The lowest BCUT2D eigenvalue weighted by Gasteiger charge is -2.37. The fourth-order valence-corrected chi connectivity index (χ4v) is 5.41. The summed E-state index contributed by atoms with van der Waals surface area (Å²) in [4.78, 5) is 19.3. The third kappa shape index (κ3) is 4.73. The van der Waals surface area contributed by atoms with Gasteiger partial charge in [-0.3, -0.25) is 4.79 Å². The van der Waals surface area contributed by atoms with Crippen LogP contribution in [0, 0.1) is 11.3 Å². The van der Waals surface area contributed by atoms with Gasteiger partial charge in [-0.25, -0.2) is 0 Å². The zero-order chi connectivity index (χ0) is 23.8. The summed E-state index contributed by atoms with van der Waals surface area (Å²) >= 11 is 0. The molecule has 5 heteroatoms. The lowest BCUT2D eigenvalue weighted by Crippen LogP contribution is -2.41. The van der Waals surface area contributed by atoms with Gasteiger partial charge in [0.15, 0.2) is 0 Å². The third-order valence-corrected chi connectivity index (χ3v) is 6.57. The van der Waals surface area contributed by atoms with Crippen molar-refractivity contribution in [3.05, 3.63) is 59.3 Å². The molecule has 33 heavy (non-hydrogen) atoms. The van der Waals surface area contributed by atoms with Crippen LogP contribution in [0.1, 0.15) is 63.4 Å². The van der Waals surface area contributed by atoms with Crippen molar-refractivity contribution in [2.45, 2.75) is 53.0 Å². The lowest BCUT2D eigenvalue weighted by atomic mass is 9.83. The van der Waals surface area contributed by atoms with Gasteiger partial charge < -0.3 is 19.4 Å². The molecule has 176 valence electrons. The minimum Gasteiger partial charge on any atom is -0.497 e. The van der Waals surface area contributed by atoms with Crippen LogP contribution in [-0.2, 0) is 11.2 Å². The quantitative estimate of drug-likeness (QED) is 0.494. The molecule has 1 amide bonds. The molecule has 1 aliphatic rings. The van der Waals surface area contributed by atoms with Crippen LogP contribution in [0.5, 0.6) is 11.5 Å². The van der Waals surface area contributed by atoms with Crippen LogP contribution < -0.4 is 9.47 Å². The Balaban J connectivity index is 1.78. The highest BCUT2D eigenvalue weighted by atomic mass is 16.5. The molecule has 1 aromatic heterocycles. The van der Waals surface area contributed by atoms with Crippen LogP contribution in [0.3, 0.4) is 0 Å². The largest absolute Gasteiger partial charge is 0.497 e. The summed E-state index contributed by atoms with van der Waals surface area (Å²) in [6.45, 7) is 9.57. The van der Waals surface area contributed by atoms with Gasteiger partial charge in [0.2, 0.25) is 5.91 Å². The van der Waals surface area contributed by atoms with Gasteiger partial charge in [-0.15, -0.1) is 0 Å². The molecule has 0 radical (unpaired) electrons. The molecule has 3 aromatic rings. The summed E-state index contributed by atoms with van der Waals surface area (Å²) in [5.41, 5.74) is 4.61. The molecule has 2 heterocycles. The van der Waals surface area contributed by atoms with Crippen LogP contribution in [-0.4, -0.2) is 36.6 Å². The van der Waals surface area contributed by atoms with Crippen molar-refractivity contribution in [3.8, 4) is 11.5 Å². The van der Waals surface area contributed by atoms with Crippen molar-refractivity contribution < 1.29 is 14.3 Å². The van der Waals surface area contributed by atoms with Crippen molar-refractivity contribution in [1.82, 2.24) is 9.88 Å². The Bertz CT molecular complexity index is 1140. The van der Waals surface area contributed by atoms with E-state index in [0.29, 0.717) is 18.9 Å². The minimum absolute atomic E-state index is 0.199. The van der Waals surface area contributed by atoms with Crippen LogP contribution >= 0.6 is 0 Å². The molecule has 4 rings (SSSR count). The first-order valence-electron chi connectivity index (χ1n) is 11.8. The number of benzene rings is 2. The number of ether oxygens (including phenoxy) is 2. The summed E-state index contributed by atoms with van der Waals surface area (Å²) in [5.74, 6) is 2.16. The highest BCUT2D eigenvalue weighted by Crippen LogP contribution is 2.42. The van der Waals surface area contributed by atoms with Crippen molar-refractivity contribution in [2.75, 3.05) is 20.8 Å². The Hall–Kier alpha value is -2.95. The third-order valence-electron chi connectivity index (χ3n) is 6.57. The Morgan fingerprint density at radius 3 is 2.61 bits per heavy atom. The van der Waals surface area contributed by atoms with Gasteiger partial charge in [0.1, 0.15) is 17.5 Å². The average molecular weight is 449 g/mol. The molecule has 0 fully saturated rings. The number of amides is 1. The fourth-order valence-electron chi connectivity index (χ4n) is 5.41. The van der Waals surface area contributed by atoms with E-state index in [4.69, 9.17) is 9.47 Å². The van der Waals surface area contributed by atoms with Crippen LogP contribution in [0.4, 0.5) is 0 Å². The zero-order valence-electron chi connectivity index (χ0n) is 20.7. The number of nitrogens with zero attached hydrogens (tertiary/aromatic N) is 1. The topological polar surface area (TPSA) is 54.6 Å². The summed E-state index contributed by atoms with van der Waals surface area (Å²) < 4.78 is 11.2. The number of carbonyl (C=O) groups excluding carboxylic acids is 1. The molecule has 0 unspecified atom stereocenters. The molecule has 0 aliphatic carbocycles. The second-order valence-electron chi connectivity index (χ2n) is 10.5. The van der Waals surface area contributed by atoms with Gasteiger partial charge in [-0.05, 0) is 54.0 Å². The Morgan fingerprint density at radius 1 is 1.15 bits per heavy atom. The van der Waals surface area contributed by atoms with Crippen molar-refractivity contribution >= 4 is 16.8 Å². The normalized spacial score (nSPS) is 17.0. The summed E-state index contributed by atoms with van der Waals surface area (Å²) in [6, 6.07) is 13.9. The Labute approximate surface area is 197 Å². The number of hydrogen-bond acceptors (Lipinski definition) is 3. The number of para-hydroxylation sites is 1. The molecular weight excluding hydrogens is 412 g/mol. The number of fused-ring (bicyclic) bond motifs is 3. The van der Waals surface area contributed by atoms with Crippen molar-refractivity contribution in [2.24, 2.45) is 11.3 Å². The number of aromatic nitrogens is 1. The minimum atomic E-state index is -0.211. The van der Waals surface area contributed by atoms with E-state index in [1.165, 1.54) is 5.56 Å². The molecule has 0 saturated heterocycles. The van der Waals surface area contributed by atoms with E-state index < -0.39 is 0 Å². The summed E-state index contributed by atoms with van der Waals surface area (Å²) in [7, 11) is 3.38.